The topological polar surface area (TPSA) is 203 Å². The minimum Gasteiger partial charge on any atom is -0.413 e. The second-order valence-electron chi connectivity index (χ2n) is 22.2. The Morgan fingerprint density at radius 2 is 0.440 bits per heavy atom. The molecular formula is C41H106O22Si12. The minimum atomic E-state index is -2.46. The molecule has 2 atom stereocenters. The summed E-state index contributed by atoms with van der Waals surface area (Å²) >= 11 is 0. The van der Waals surface area contributed by atoms with Crippen molar-refractivity contribution in [2.24, 2.45) is 0 Å². The molecule has 0 bridgehead atoms. The monoisotopic (exact) mass is 1290 g/mol. The van der Waals surface area contributed by atoms with Crippen molar-refractivity contribution in [2.45, 2.75) is 126 Å². The largest absolute Gasteiger partial charge is 0.526 e. The number of hydrogen-bond acceptors (Lipinski definition) is 22. The zero-order valence-electron chi connectivity index (χ0n) is 51.0. The lowest BCUT2D eigenvalue weighted by Crippen LogP contribution is -2.61. The highest BCUT2D eigenvalue weighted by Gasteiger charge is 2.52. The molecule has 0 aromatic carbocycles. The van der Waals surface area contributed by atoms with Crippen LogP contribution in [0.4, 0.5) is 0 Å². The summed E-state index contributed by atoms with van der Waals surface area (Å²) in [6.45, 7) is 42.9. The maximum absolute atomic E-state index is 5.81. The van der Waals surface area contributed by atoms with E-state index in [-0.39, 0.29) is 0 Å². The molecule has 450 valence electrons. The molecule has 75 heavy (non-hydrogen) atoms. The van der Waals surface area contributed by atoms with Gasteiger partial charge < -0.3 is 97.4 Å². The lowest BCUT2D eigenvalue weighted by Gasteiger charge is -2.38. The van der Waals surface area contributed by atoms with Crippen LogP contribution < -0.4 is 0 Å². The molecule has 34 heteroatoms. The SMILES string of the molecule is CCO[Si]1(C)CO[Si](C)(C)CO1.CCO[Si]1(OCC)CO[Si](C)(C)CO1.CCO[Si]1(OCC)CO[Si](C)(C)CO1.CO[Si]1(C)CO[Si](C)(C)CO1.CO[Si]1(OC)CO[Si](C)(C)CO1.CO[Si]1(OC)CO[Si](C)(C)CO1. The lowest BCUT2D eigenvalue weighted by atomic mass is 10.9. The smallest absolute Gasteiger partial charge is 0.413 e. The highest BCUT2D eigenvalue weighted by atomic mass is 28.4. The van der Waals surface area contributed by atoms with Crippen molar-refractivity contribution in [1.29, 1.82) is 0 Å². The third-order valence-electron chi connectivity index (χ3n) is 11.6. The molecule has 6 saturated heterocycles. The molecule has 0 aromatic heterocycles. The highest BCUT2D eigenvalue weighted by molar-refractivity contribution is 6.79. The fourth-order valence-corrected chi connectivity index (χ4v) is 41.0. The summed E-state index contributed by atoms with van der Waals surface area (Å²) < 4.78 is 123. The second kappa shape index (κ2) is 33.3. The van der Waals surface area contributed by atoms with Crippen molar-refractivity contribution in [1.82, 2.24) is 0 Å². The Morgan fingerprint density at radius 1 is 0.227 bits per heavy atom. The van der Waals surface area contributed by atoms with Gasteiger partial charge in [-0.1, -0.05) is 0 Å². The van der Waals surface area contributed by atoms with Gasteiger partial charge in [0.1, 0.15) is 24.9 Å². The summed E-state index contributed by atoms with van der Waals surface area (Å²) in [4.78, 5) is 0. The Balaban J connectivity index is 0.000000451. The van der Waals surface area contributed by atoms with Crippen LogP contribution >= 0.6 is 0 Å². The van der Waals surface area contributed by atoms with E-state index in [9.17, 15) is 0 Å². The molecule has 6 heterocycles. The Morgan fingerprint density at radius 3 is 0.613 bits per heavy atom. The quantitative estimate of drug-likeness (QED) is 0.167. The Kier molecular flexibility index (Phi) is 33.2. The third kappa shape index (κ3) is 28.2. The molecule has 0 spiro atoms. The summed E-state index contributed by atoms with van der Waals surface area (Å²) in [6, 6.07) is 0. The first-order chi connectivity index (χ1) is 34.6. The summed E-state index contributed by atoms with van der Waals surface area (Å²) in [5.41, 5.74) is 0. The predicted octanol–water partition coefficient (Wildman–Crippen LogP) is 6.21. The van der Waals surface area contributed by atoms with Gasteiger partial charge in [-0.05, 0) is 126 Å². The lowest BCUT2D eigenvalue weighted by molar-refractivity contribution is 0.0398. The molecule has 0 N–H and O–H groups in total. The summed E-state index contributed by atoms with van der Waals surface area (Å²) in [5.74, 6) is 0. The van der Waals surface area contributed by atoms with Crippen molar-refractivity contribution < 1.29 is 97.4 Å². The maximum Gasteiger partial charge on any atom is 0.526 e. The minimum absolute atomic E-state index is 0.499. The van der Waals surface area contributed by atoms with Gasteiger partial charge in [0.2, 0.25) is 49.9 Å². The van der Waals surface area contributed by atoms with Crippen LogP contribution in [0.15, 0.2) is 0 Å². The van der Waals surface area contributed by atoms with Gasteiger partial charge in [-0.25, -0.2) is 0 Å². The molecule has 6 rings (SSSR count). The first-order valence-corrected chi connectivity index (χ1v) is 57.7. The molecule has 0 saturated carbocycles. The van der Waals surface area contributed by atoms with Crippen LogP contribution in [0.25, 0.3) is 0 Å². The van der Waals surface area contributed by atoms with Crippen LogP contribution in [0.5, 0.6) is 0 Å². The van der Waals surface area contributed by atoms with Gasteiger partial charge in [-0.3, -0.25) is 0 Å². The molecule has 6 aliphatic rings. The fraction of sp³-hybridized carbons (Fsp3) is 1.00. The molecule has 0 radical (unpaired) electrons. The molecule has 2 unspecified atom stereocenters. The van der Waals surface area contributed by atoms with Crippen molar-refractivity contribution >= 4 is 102 Å². The van der Waals surface area contributed by atoms with Crippen molar-refractivity contribution in [3.63, 3.8) is 0 Å². The maximum atomic E-state index is 5.81. The van der Waals surface area contributed by atoms with Crippen molar-refractivity contribution in [2.75, 3.05) is 143 Å². The Hall–Kier alpha value is 1.72. The predicted molar refractivity (Wildman–Crippen MR) is 316 cm³/mol. The van der Waals surface area contributed by atoms with Gasteiger partial charge in [-0.2, -0.15) is 0 Å². The van der Waals surface area contributed by atoms with Crippen LogP contribution in [-0.4, -0.2) is 246 Å². The average Bonchev–Trinajstić information content (AvgIpc) is 3.35. The molecule has 6 aliphatic heterocycles. The summed E-state index contributed by atoms with van der Waals surface area (Å²) in [5, 5.41) is 0. The molecule has 6 fully saturated rings. The van der Waals surface area contributed by atoms with E-state index in [0.29, 0.717) is 88.7 Å². The van der Waals surface area contributed by atoms with Crippen LogP contribution in [0.3, 0.4) is 0 Å². The van der Waals surface area contributed by atoms with Gasteiger partial charge in [0, 0.05) is 68.6 Å². The van der Waals surface area contributed by atoms with E-state index in [1.165, 1.54) is 0 Å². The van der Waals surface area contributed by atoms with Crippen molar-refractivity contribution in [3.05, 3.63) is 0 Å². The van der Waals surface area contributed by atoms with E-state index in [1.54, 1.807) is 35.5 Å². The van der Waals surface area contributed by atoms with Gasteiger partial charge in [-0.15, -0.1) is 0 Å². The molecule has 0 amide bonds. The van der Waals surface area contributed by atoms with Crippen LogP contribution in [0.1, 0.15) is 34.6 Å². The number of rotatable bonds is 15. The van der Waals surface area contributed by atoms with Crippen molar-refractivity contribution in [3.8, 4) is 0 Å². The third-order valence-corrected chi connectivity index (χ3v) is 40.0. The van der Waals surface area contributed by atoms with Crippen LogP contribution in [0.2, 0.25) is 91.7 Å². The van der Waals surface area contributed by atoms with Gasteiger partial charge in [0.05, 0.1) is 49.8 Å². The normalized spacial score (nSPS) is 29.0. The van der Waals surface area contributed by atoms with Gasteiger partial charge in [0.25, 0.3) is 0 Å². The summed E-state index contributed by atoms with van der Waals surface area (Å²) in [6.07, 6.45) is 7.71. The van der Waals surface area contributed by atoms with E-state index < -0.39 is 102 Å². The first kappa shape index (κ1) is 74.7. The van der Waals surface area contributed by atoms with Crippen LogP contribution in [0, 0.1) is 0 Å². The fourth-order valence-electron chi connectivity index (χ4n) is 6.52. The Bertz CT molecular complexity index is 1410. The summed E-state index contributed by atoms with van der Waals surface area (Å²) in [7, 11) is -14.6. The average molecular weight is 1290 g/mol. The zero-order valence-corrected chi connectivity index (χ0v) is 63.0. The van der Waals surface area contributed by atoms with E-state index in [4.69, 9.17) is 97.4 Å². The molecular weight excluding hydrogens is 1180 g/mol. The number of hydrogen-bond donors (Lipinski definition) is 0. The molecule has 22 nitrogen and oxygen atoms in total. The van der Waals surface area contributed by atoms with E-state index in [2.05, 4.69) is 85.1 Å². The van der Waals surface area contributed by atoms with Gasteiger partial charge in [0.15, 0.2) is 0 Å². The Labute approximate surface area is 466 Å². The van der Waals surface area contributed by atoms with E-state index in [1.807, 2.05) is 41.2 Å². The molecule has 0 aromatic rings. The molecule has 0 aliphatic carbocycles. The standard InChI is InChI=1S/2C8H20O4Si2.C7H18O3Si2.2C6H16O4Si2.C6H16O3Si2/c2*1-5-9-14(10-6-2)8-11-13(3,4)7-12-14;1-5-8-12(4)7-9-11(2,3)6-10-12;2*1-7-12(8-2)6-9-11(3,4)5-10-12;1-7-11(4)6-8-10(2,3)5-9-11/h2*5-8H2,1-4H3;5-7H2,1-4H3;2*5-6H2,1-4H3;5-6H2,1-4H3. The van der Waals surface area contributed by atoms with E-state index in [0.717, 1.165) is 19.1 Å². The highest BCUT2D eigenvalue weighted by Crippen LogP contribution is 2.25. The first-order valence-electron chi connectivity index (χ1n) is 26.2. The second-order valence-corrected chi connectivity index (χ2v) is 63.7. The van der Waals surface area contributed by atoms with E-state index >= 15 is 0 Å². The zero-order chi connectivity index (χ0) is 57.6. The van der Waals surface area contributed by atoms with Gasteiger partial charge >= 0.3 is 52.3 Å². The van der Waals surface area contributed by atoms with Crippen LogP contribution in [-0.2, 0) is 97.4 Å².